The van der Waals surface area contributed by atoms with Crippen LogP contribution in [0.15, 0.2) is 66.7 Å². The molecule has 0 heterocycles. The van der Waals surface area contributed by atoms with E-state index in [4.69, 9.17) is 4.43 Å². The minimum atomic E-state index is -2.25. The Bertz CT molecular complexity index is 1000. The Kier molecular flexibility index (Phi) is 5.67. The monoisotopic (exact) mass is 404 g/mol. The fraction of sp³-hybridized carbons (Fsp3) is 0.240. The standard InChI is InChI=1S/C25H28O3Si/c1-25(2,3)29(4,5)28-24-21(19-14-10-7-11-15-19)16-20(22(17-26)23(24)27)18-12-8-6-9-13-18/h6-17,27H,1-5H3. The Labute approximate surface area is 174 Å². The van der Waals surface area contributed by atoms with Crippen molar-refractivity contribution in [2.24, 2.45) is 0 Å². The number of hydrogen-bond acceptors (Lipinski definition) is 3. The first-order chi connectivity index (χ1) is 13.7. The number of aromatic hydroxyl groups is 1. The number of carbonyl (C=O) groups is 1. The van der Waals surface area contributed by atoms with E-state index in [0.717, 1.165) is 16.7 Å². The van der Waals surface area contributed by atoms with E-state index in [1.165, 1.54) is 0 Å². The maximum Gasteiger partial charge on any atom is 0.250 e. The predicted molar refractivity (Wildman–Crippen MR) is 122 cm³/mol. The van der Waals surface area contributed by atoms with Crippen LogP contribution in [0.5, 0.6) is 11.5 Å². The molecule has 0 spiro atoms. The van der Waals surface area contributed by atoms with E-state index in [2.05, 4.69) is 33.9 Å². The number of phenols is 1. The maximum atomic E-state index is 12.0. The Morgan fingerprint density at radius 1 is 0.862 bits per heavy atom. The third kappa shape index (κ3) is 4.13. The van der Waals surface area contributed by atoms with Crippen molar-refractivity contribution >= 4 is 14.6 Å². The molecule has 29 heavy (non-hydrogen) atoms. The molecule has 150 valence electrons. The quantitative estimate of drug-likeness (QED) is 0.371. The van der Waals surface area contributed by atoms with Crippen molar-refractivity contribution < 1.29 is 14.3 Å². The van der Waals surface area contributed by atoms with Crippen molar-refractivity contribution in [3.63, 3.8) is 0 Å². The summed E-state index contributed by atoms with van der Waals surface area (Å²) in [5, 5.41) is 11.1. The minimum absolute atomic E-state index is 0.0488. The Morgan fingerprint density at radius 2 is 1.34 bits per heavy atom. The van der Waals surface area contributed by atoms with Gasteiger partial charge in [0.1, 0.15) is 0 Å². The molecule has 0 atom stereocenters. The Morgan fingerprint density at radius 3 is 1.79 bits per heavy atom. The van der Waals surface area contributed by atoms with Crippen LogP contribution >= 0.6 is 0 Å². The normalized spacial score (nSPS) is 11.9. The van der Waals surface area contributed by atoms with Crippen molar-refractivity contribution in [2.45, 2.75) is 38.9 Å². The van der Waals surface area contributed by atoms with Crippen molar-refractivity contribution in [1.82, 2.24) is 0 Å². The summed E-state index contributed by atoms with van der Waals surface area (Å²) < 4.78 is 6.55. The van der Waals surface area contributed by atoms with Gasteiger partial charge in [-0.1, -0.05) is 81.4 Å². The summed E-state index contributed by atoms with van der Waals surface area (Å²) in [7, 11) is -2.25. The molecule has 0 aliphatic heterocycles. The summed E-state index contributed by atoms with van der Waals surface area (Å²) in [5.41, 5.74) is 3.55. The number of rotatable bonds is 5. The highest BCUT2D eigenvalue weighted by molar-refractivity contribution is 6.74. The van der Waals surface area contributed by atoms with Crippen LogP contribution in [0.25, 0.3) is 22.3 Å². The number of carbonyl (C=O) groups excluding carboxylic acids is 1. The predicted octanol–water partition coefficient (Wildman–Crippen LogP) is 6.92. The van der Waals surface area contributed by atoms with Crippen LogP contribution in [0, 0.1) is 0 Å². The molecule has 0 aliphatic carbocycles. The van der Waals surface area contributed by atoms with Gasteiger partial charge in [0, 0.05) is 5.56 Å². The summed E-state index contributed by atoms with van der Waals surface area (Å²) >= 11 is 0. The average molecular weight is 405 g/mol. The van der Waals surface area contributed by atoms with E-state index < -0.39 is 8.32 Å². The van der Waals surface area contributed by atoms with Crippen LogP contribution in [0.3, 0.4) is 0 Å². The van der Waals surface area contributed by atoms with Crippen molar-refractivity contribution in [3.05, 3.63) is 72.3 Å². The zero-order valence-electron chi connectivity index (χ0n) is 17.7. The zero-order valence-corrected chi connectivity index (χ0v) is 18.7. The lowest BCUT2D eigenvalue weighted by molar-refractivity contribution is 0.112. The van der Waals surface area contributed by atoms with Crippen molar-refractivity contribution in [2.75, 3.05) is 0 Å². The van der Waals surface area contributed by atoms with Gasteiger partial charge in [0.05, 0.1) is 5.56 Å². The van der Waals surface area contributed by atoms with Crippen LogP contribution < -0.4 is 4.43 Å². The third-order valence-electron chi connectivity index (χ3n) is 5.74. The maximum absolute atomic E-state index is 12.0. The molecular formula is C25H28O3Si. The van der Waals surface area contributed by atoms with E-state index in [-0.39, 0.29) is 16.4 Å². The molecule has 3 aromatic rings. The van der Waals surface area contributed by atoms with Gasteiger partial charge in [-0.25, -0.2) is 0 Å². The van der Waals surface area contributed by atoms with Crippen molar-refractivity contribution in [3.8, 4) is 33.8 Å². The highest BCUT2D eigenvalue weighted by atomic mass is 28.4. The molecule has 0 aromatic heterocycles. The summed E-state index contributed by atoms with van der Waals surface area (Å²) in [4.78, 5) is 12.0. The van der Waals surface area contributed by atoms with Gasteiger partial charge in [-0.2, -0.15) is 0 Å². The van der Waals surface area contributed by atoms with Crippen LogP contribution in [-0.4, -0.2) is 19.7 Å². The largest absolute Gasteiger partial charge is 0.541 e. The highest BCUT2D eigenvalue weighted by Crippen LogP contribution is 2.48. The van der Waals surface area contributed by atoms with E-state index in [0.29, 0.717) is 17.6 Å². The smallest absolute Gasteiger partial charge is 0.250 e. The SMILES string of the molecule is CC(C)(C)[Si](C)(C)Oc1c(-c2ccccc2)cc(-c2ccccc2)c(C=O)c1O. The number of phenolic OH excluding ortho intramolecular Hbond substituents is 1. The minimum Gasteiger partial charge on any atom is -0.541 e. The molecule has 0 bridgehead atoms. The molecule has 3 rings (SSSR count). The highest BCUT2D eigenvalue weighted by Gasteiger charge is 2.40. The Hall–Kier alpha value is -2.85. The van der Waals surface area contributed by atoms with Gasteiger partial charge < -0.3 is 9.53 Å². The average Bonchev–Trinajstić information content (AvgIpc) is 2.69. The second-order valence-electron chi connectivity index (χ2n) is 8.78. The fourth-order valence-corrected chi connectivity index (χ4v) is 4.01. The molecule has 0 aliphatic rings. The van der Waals surface area contributed by atoms with Crippen LogP contribution in [0.2, 0.25) is 18.1 Å². The lowest BCUT2D eigenvalue weighted by atomic mass is 9.93. The molecule has 1 N–H and O–H groups in total. The van der Waals surface area contributed by atoms with E-state index in [9.17, 15) is 9.90 Å². The number of benzene rings is 3. The van der Waals surface area contributed by atoms with E-state index >= 15 is 0 Å². The van der Waals surface area contributed by atoms with E-state index in [1.807, 2.05) is 66.7 Å². The van der Waals surface area contributed by atoms with Gasteiger partial charge in [0.15, 0.2) is 17.8 Å². The topological polar surface area (TPSA) is 46.5 Å². The van der Waals surface area contributed by atoms with Gasteiger partial charge in [0.2, 0.25) is 0 Å². The second-order valence-corrected chi connectivity index (χ2v) is 13.5. The van der Waals surface area contributed by atoms with Crippen molar-refractivity contribution in [1.29, 1.82) is 0 Å². The summed E-state index contributed by atoms with van der Waals surface area (Å²) in [5.74, 6) is 0.301. The summed E-state index contributed by atoms with van der Waals surface area (Å²) in [6.45, 7) is 10.7. The van der Waals surface area contributed by atoms with Crippen LogP contribution in [-0.2, 0) is 0 Å². The van der Waals surface area contributed by atoms with Crippen LogP contribution in [0.1, 0.15) is 31.1 Å². The van der Waals surface area contributed by atoms with Gasteiger partial charge in [0.25, 0.3) is 8.32 Å². The van der Waals surface area contributed by atoms with Crippen LogP contribution in [0.4, 0.5) is 0 Å². The molecule has 3 aromatic carbocycles. The van der Waals surface area contributed by atoms with Gasteiger partial charge in [-0.3, -0.25) is 4.79 Å². The third-order valence-corrected chi connectivity index (χ3v) is 10.1. The molecule has 0 unspecified atom stereocenters. The molecule has 0 fully saturated rings. The second kappa shape index (κ2) is 7.88. The Balaban J connectivity index is 2.31. The molecular weight excluding hydrogens is 376 g/mol. The molecule has 0 radical (unpaired) electrons. The first-order valence-electron chi connectivity index (χ1n) is 9.80. The first-order valence-corrected chi connectivity index (χ1v) is 12.7. The van der Waals surface area contributed by atoms with Gasteiger partial charge in [-0.15, -0.1) is 0 Å². The van der Waals surface area contributed by atoms with Gasteiger partial charge >= 0.3 is 0 Å². The molecule has 0 saturated carbocycles. The zero-order chi connectivity index (χ0) is 21.2. The lowest BCUT2D eigenvalue weighted by Gasteiger charge is -2.37. The lowest BCUT2D eigenvalue weighted by Crippen LogP contribution is -2.44. The first kappa shape index (κ1) is 20.9. The summed E-state index contributed by atoms with van der Waals surface area (Å²) in [6, 6.07) is 21.4. The molecule has 3 nitrogen and oxygen atoms in total. The summed E-state index contributed by atoms with van der Waals surface area (Å²) in [6.07, 6.45) is 0.713. The van der Waals surface area contributed by atoms with Gasteiger partial charge in [-0.05, 0) is 40.9 Å². The molecule has 0 amide bonds. The molecule has 4 heteroatoms. The molecule has 0 saturated heterocycles. The number of aldehydes is 1. The number of hydrogen-bond donors (Lipinski definition) is 1. The van der Waals surface area contributed by atoms with E-state index in [1.54, 1.807) is 0 Å². The fourth-order valence-electron chi connectivity index (χ4n) is 2.98.